The van der Waals surface area contributed by atoms with Crippen LogP contribution in [0.5, 0.6) is 0 Å². The molecule has 2 rings (SSSR count). The van der Waals surface area contributed by atoms with Crippen molar-refractivity contribution < 1.29 is 18.7 Å². The first-order valence-electron chi connectivity index (χ1n) is 6.13. The minimum atomic E-state index is -1.24. The Hall–Kier alpha value is -1.99. The Labute approximate surface area is 124 Å². The Morgan fingerprint density at radius 3 is 2.81 bits per heavy atom. The van der Waals surface area contributed by atoms with Gasteiger partial charge in [-0.3, -0.25) is 0 Å². The number of thiophene rings is 1. The molecule has 1 atom stereocenters. The van der Waals surface area contributed by atoms with E-state index in [0.717, 1.165) is 18.2 Å². The molecule has 21 heavy (non-hydrogen) atoms. The van der Waals surface area contributed by atoms with Crippen LogP contribution in [0.25, 0.3) is 0 Å². The van der Waals surface area contributed by atoms with Crippen LogP contribution < -0.4 is 10.6 Å². The van der Waals surface area contributed by atoms with Crippen molar-refractivity contribution in [3.05, 3.63) is 52.2 Å². The standard InChI is InChI=1S/C14H14F2N2O2S/c1-14(20,9-4-5-21-7-9)8-17-13(19)18-12-6-10(15)2-3-11(12)16/h2-7,20H,8H2,1H3,(H2,17,18,19). The minimum absolute atomic E-state index is 0.0630. The van der Waals surface area contributed by atoms with Crippen LogP contribution >= 0.6 is 11.3 Å². The summed E-state index contributed by atoms with van der Waals surface area (Å²) in [5.74, 6) is -1.40. The van der Waals surface area contributed by atoms with Crippen molar-refractivity contribution in [1.82, 2.24) is 5.32 Å². The van der Waals surface area contributed by atoms with Gasteiger partial charge in [-0.15, -0.1) is 0 Å². The summed E-state index contributed by atoms with van der Waals surface area (Å²) in [7, 11) is 0. The van der Waals surface area contributed by atoms with Gasteiger partial charge in [0.05, 0.1) is 12.2 Å². The number of aliphatic hydroxyl groups is 1. The molecule has 7 heteroatoms. The molecule has 3 N–H and O–H groups in total. The SMILES string of the molecule is CC(O)(CNC(=O)Nc1cc(F)ccc1F)c1ccsc1. The fourth-order valence-corrected chi connectivity index (χ4v) is 2.47. The van der Waals surface area contributed by atoms with Crippen molar-refractivity contribution in [3.8, 4) is 0 Å². The van der Waals surface area contributed by atoms with Crippen LogP contribution in [0.4, 0.5) is 19.3 Å². The average Bonchev–Trinajstić information content (AvgIpc) is 2.96. The number of benzene rings is 1. The van der Waals surface area contributed by atoms with Gasteiger partial charge < -0.3 is 15.7 Å². The molecular formula is C14H14F2N2O2S. The van der Waals surface area contributed by atoms with Gasteiger partial charge in [0.1, 0.15) is 17.2 Å². The highest BCUT2D eigenvalue weighted by Gasteiger charge is 2.24. The summed E-state index contributed by atoms with van der Waals surface area (Å²) < 4.78 is 26.4. The molecule has 1 heterocycles. The Bertz CT molecular complexity index is 630. The van der Waals surface area contributed by atoms with Crippen molar-refractivity contribution in [2.75, 3.05) is 11.9 Å². The highest BCUT2D eigenvalue weighted by Crippen LogP contribution is 2.22. The number of anilines is 1. The van der Waals surface area contributed by atoms with E-state index in [-0.39, 0.29) is 12.2 Å². The molecule has 2 aromatic rings. The first-order valence-corrected chi connectivity index (χ1v) is 7.08. The largest absolute Gasteiger partial charge is 0.384 e. The lowest BCUT2D eigenvalue weighted by atomic mass is 9.99. The number of rotatable bonds is 4. The van der Waals surface area contributed by atoms with Gasteiger partial charge >= 0.3 is 6.03 Å². The van der Waals surface area contributed by atoms with Crippen molar-refractivity contribution >= 4 is 23.1 Å². The zero-order chi connectivity index (χ0) is 15.5. The molecule has 0 spiro atoms. The Morgan fingerprint density at radius 1 is 1.38 bits per heavy atom. The predicted octanol–water partition coefficient (Wildman–Crippen LogP) is 3.06. The van der Waals surface area contributed by atoms with Gasteiger partial charge in [0.15, 0.2) is 0 Å². The van der Waals surface area contributed by atoms with E-state index in [0.29, 0.717) is 5.56 Å². The summed E-state index contributed by atoms with van der Waals surface area (Å²) in [6.07, 6.45) is 0. The molecule has 2 amide bonds. The van der Waals surface area contributed by atoms with Crippen LogP contribution in [0.15, 0.2) is 35.0 Å². The van der Waals surface area contributed by atoms with Crippen LogP contribution in [-0.4, -0.2) is 17.7 Å². The Balaban J connectivity index is 1.95. The fourth-order valence-electron chi connectivity index (χ4n) is 1.69. The maximum Gasteiger partial charge on any atom is 0.319 e. The first-order chi connectivity index (χ1) is 9.88. The number of carbonyl (C=O) groups is 1. The monoisotopic (exact) mass is 312 g/mol. The molecule has 1 aromatic carbocycles. The summed E-state index contributed by atoms with van der Waals surface area (Å²) in [6, 6.07) is 3.78. The number of urea groups is 1. The van der Waals surface area contributed by atoms with E-state index in [1.165, 1.54) is 11.3 Å². The molecule has 1 aromatic heterocycles. The first kappa shape index (κ1) is 15.4. The molecule has 0 saturated heterocycles. The topological polar surface area (TPSA) is 61.4 Å². The average molecular weight is 312 g/mol. The van der Waals surface area contributed by atoms with E-state index in [1.54, 1.807) is 18.4 Å². The van der Waals surface area contributed by atoms with E-state index in [9.17, 15) is 18.7 Å². The van der Waals surface area contributed by atoms with Gasteiger partial charge in [-0.25, -0.2) is 13.6 Å². The minimum Gasteiger partial charge on any atom is -0.384 e. The number of hydrogen-bond donors (Lipinski definition) is 3. The summed E-state index contributed by atoms with van der Waals surface area (Å²) in [5.41, 5.74) is -0.829. The molecule has 0 aliphatic carbocycles. The van der Waals surface area contributed by atoms with Crippen molar-refractivity contribution in [3.63, 3.8) is 0 Å². The molecular weight excluding hydrogens is 298 g/mol. The summed E-state index contributed by atoms with van der Waals surface area (Å²) >= 11 is 1.43. The molecule has 1 unspecified atom stereocenters. The molecule has 4 nitrogen and oxygen atoms in total. The van der Waals surface area contributed by atoms with Gasteiger partial charge in [0.2, 0.25) is 0 Å². The van der Waals surface area contributed by atoms with E-state index >= 15 is 0 Å². The third-order valence-electron chi connectivity index (χ3n) is 2.91. The highest BCUT2D eigenvalue weighted by atomic mass is 32.1. The Kier molecular flexibility index (Phi) is 4.54. The fraction of sp³-hybridized carbons (Fsp3) is 0.214. The van der Waals surface area contributed by atoms with E-state index in [2.05, 4.69) is 10.6 Å². The normalized spacial score (nSPS) is 13.5. The van der Waals surface area contributed by atoms with Crippen molar-refractivity contribution in [2.45, 2.75) is 12.5 Å². The van der Waals surface area contributed by atoms with E-state index in [4.69, 9.17) is 0 Å². The van der Waals surface area contributed by atoms with Crippen molar-refractivity contribution in [1.29, 1.82) is 0 Å². The van der Waals surface area contributed by atoms with Crippen molar-refractivity contribution in [2.24, 2.45) is 0 Å². The zero-order valence-corrected chi connectivity index (χ0v) is 12.0. The molecule has 0 aliphatic heterocycles. The van der Waals surface area contributed by atoms with Crippen LogP contribution in [0.3, 0.4) is 0 Å². The maximum absolute atomic E-state index is 13.4. The Morgan fingerprint density at radius 2 is 2.14 bits per heavy atom. The van der Waals surface area contributed by atoms with Crippen LogP contribution in [0.2, 0.25) is 0 Å². The van der Waals surface area contributed by atoms with E-state index in [1.807, 2.05) is 5.38 Å². The van der Waals surface area contributed by atoms with Gasteiger partial charge in [-0.2, -0.15) is 11.3 Å². The number of halogens is 2. The maximum atomic E-state index is 13.4. The predicted molar refractivity (Wildman–Crippen MR) is 77.3 cm³/mol. The second-order valence-corrected chi connectivity index (χ2v) is 5.50. The number of amides is 2. The molecule has 0 fully saturated rings. The van der Waals surface area contributed by atoms with Crippen LogP contribution in [0.1, 0.15) is 12.5 Å². The quantitative estimate of drug-likeness (QED) is 0.812. The summed E-state index contributed by atoms with van der Waals surface area (Å²) in [5, 5.41) is 18.4. The zero-order valence-electron chi connectivity index (χ0n) is 11.2. The second-order valence-electron chi connectivity index (χ2n) is 4.72. The number of carbonyl (C=O) groups excluding carboxylic acids is 1. The van der Waals surface area contributed by atoms with Gasteiger partial charge in [0, 0.05) is 6.07 Å². The molecule has 0 bridgehead atoms. The smallest absolute Gasteiger partial charge is 0.319 e. The van der Waals surface area contributed by atoms with Gasteiger partial charge in [-0.1, -0.05) is 0 Å². The summed E-state index contributed by atoms with van der Waals surface area (Å²) in [4.78, 5) is 11.7. The highest BCUT2D eigenvalue weighted by molar-refractivity contribution is 7.08. The third-order valence-corrected chi connectivity index (χ3v) is 3.60. The lowest BCUT2D eigenvalue weighted by molar-refractivity contribution is 0.0604. The molecule has 112 valence electrons. The summed E-state index contributed by atoms with van der Waals surface area (Å²) in [6.45, 7) is 1.49. The van der Waals surface area contributed by atoms with Gasteiger partial charge in [0.25, 0.3) is 0 Å². The lowest BCUT2D eigenvalue weighted by Gasteiger charge is -2.22. The van der Waals surface area contributed by atoms with Gasteiger partial charge in [-0.05, 0) is 41.4 Å². The van der Waals surface area contributed by atoms with Crippen LogP contribution in [0, 0.1) is 11.6 Å². The molecule has 0 saturated carbocycles. The lowest BCUT2D eigenvalue weighted by Crippen LogP contribution is -2.40. The van der Waals surface area contributed by atoms with Crippen LogP contribution in [-0.2, 0) is 5.60 Å². The number of nitrogens with one attached hydrogen (secondary N) is 2. The van der Waals surface area contributed by atoms with E-state index < -0.39 is 23.3 Å². The third kappa shape index (κ3) is 3.99. The molecule has 0 radical (unpaired) electrons. The second kappa shape index (κ2) is 6.19. The molecule has 0 aliphatic rings. The number of hydrogen-bond acceptors (Lipinski definition) is 3.